The Labute approximate surface area is 477 Å². The molecule has 5 rings (SSSR count). The summed E-state index contributed by atoms with van der Waals surface area (Å²) in [6.45, 7) is 5.94. The van der Waals surface area contributed by atoms with Gasteiger partial charge in [0.2, 0.25) is 11.5 Å². The van der Waals surface area contributed by atoms with E-state index in [0.29, 0.717) is 35.3 Å². The number of fused-ring (bicyclic) bond motifs is 5. The van der Waals surface area contributed by atoms with Gasteiger partial charge < -0.3 is 33.5 Å². The van der Waals surface area contributed by atoms with E-state index in [4.69, 9.17) is 28.2 Å². The molecule has 3 aromatic rings. The average molecular weight is 1130 g/mol. The summed E-state index contributed by atoms with van der Waals surface area (Å²) < 4.78 is 43.8. The summed E-state index contributed by atoms with van der Waals surface area (Å²) in [6.07, 6.45) is 30.3. The number of likely N-dealkylation sites (N-methyl/N-ethyl adjacent to an activating group) is 1. The first kappa shape index (κ1) is 66.1. The predicted molar refractivity (Wildman–Crippen MR) is 315 cm³/mol. The smallest absolute Gasteiger partial charge is 0.457 e. The van der Waals surface area contributed by atoms with Gasteiger partial charge in [-0.3, -0.25) is 28.2 Å². The Morgan fingerprint density at radius 3 is 1.95 bits per heavy atom. The molecule has 0 fully saturated rings. The molecule has 1 unspecified atom stereocenters. The van der Waals surface area contributed by atoms with Crippen molar-refractivity contribution in [3.8, 4) is 11.4 Å². The molecule has 2 N–H and O–H groups in total. The van der Waals surface area contributed by atoms with Crippen molar-refractivity contribution in [3.05, 3.63) is 75.6 Å². The van der Waals surface area contributed by atoms with E-state index in [1.54, 1.807) is 23.6 Å². The normalized spacial score (nSPS) is 16.4. The van der Waals surface area contributed by atoms with Gasteiger partial charge >= 0.3 is 25.7 Å². The van der Waals surface area contributed by atoms with Crippen molar-refractivity contribution in [2.45, 2.75) is 238 Å². The number of hydrogen-bond donors (Lipinski definition) is 2. The number of nitrogens with one attached hydrogen (secondary N) is 1. The highest BCUT2D eigenvalue weighted by atomic mass is 31.2. The highest BCUT2D eigenvalue weighted by molar-refractivity contribution is 7.47. The lowest BCUT2D eigenvalue weighted by atomic mass is 9.85. The van der Waals surface area contributed by atoms with E-state index in [1.165, 1.54) is 109 Å². The van der Waals surface area contributed by atoms with Crippen LogP contribution in [0.5, 0.6) is 0 Å². The number of cyclic esters (lactones) is 1. The van der Waals surface area contributed by atoms with Crippen LogP contribution in [0.25, 0.3) is 22.3 Å². The summed E-state index contributed by atoms with van der Waals surface area (Å²) in [5.74, 6) is -2.89. The topological polar surface area (TPSA) is 199 Å². The molecule has 0 saturated carbocycles. The number of allylic oxidation sites excluding steroid dienone is 1. The number of phosphoric acid groups is 1. The molecule has 1 amide bonds. The van der Waals surface area contributed by atoms with Gasteiger partial charge in [-0.05, 0) is 50.0 Å². The number of benzene rings is 1. The number of quaternary nitrogens is 1. The standard InChI is InChI=1S/C63H97N4O12P/c1-7-10-12-14-16-18-20-22-24-26-28-30-32-38-56(54(48-77-80(73,74)76-43-42-67(4,5)6)64-57(68)39-33-31-29-27-25-23-21-19-17-15-13-11-8-2)78-58(69)40-41-59(70)79-63(9-3)52-45-55-60-50(44-49-36-34-35-37-53(49)65-60)46-66(55)61(71)51(52)47-75-62(63)72/h32,34-38,44-45,54,56H,7-31,33,39-43,46-48H2,1-6H3,(H-,64,68,73,74)/p+1/b38-32+/t54-,56+,63-/m0/s1. The Kier molecular flexibility index (Phi) is 28.6. The maximum atomic E-state index is 14.1. The summed E-state index contributed by atoms with van der Waals surface area (Å²) in [6, 6.07) is 10.2. The Hall–Kier alpha value is -4.73. The van der Waals surface area contributed by atoms with Gasteiger partial charge in [0.1, 0.15) is 25.9 Å². The van der Waals surface area contributed by atoms with Gasteiger partial charge in [-0.2, -0.15) is 0 Å². The van der Waals surface area contributed by atoms with Crippen LogP contribution < -0.4 is 10.9 Å². The van der Waals surface area contributed by atoms with Crippen LogP contribution in [0.3, 0.4) is 0 Å². The average Bonchev–Trinajstić information content (AvgIpc) is 3.88. The highest BCUT2D eigenvalue weighted by Crippen LogP contribution is 2.44. The molecule has 17 heteroatoms. The number of unbranched alkanes of at least 4 members (excludes halogenated alkanes) is 23. The third kappa shape index (κ3) is 21.9. The first-order valence-corrected chi connectivity index (χ1v) is 32.1. The second-order valence-electron chi connectivity index (χ2n) is 23.2. The van der Waals surface area contributed by atoms with Gasteiger partial charge in [0.25, 0.3) is 5.56 Å². The molecular weight excluding hydrogens is 1040 g/mol. The zero-order valence-corrected chi connectivity index (χ0v) is 50.4. The van der Waals surface area contributed by atoms with Crippen LogP contribution in [0.1, 0.15) is 224 Å². The van der Waals surface area contributed by atoms with Crippen LogP contribution in [-0.4, -0.2) is 95.8 Å². The lowest BCUT2D eigenvalue weighted by Crippen LogP contribution is -2.48. The second-order valence-corrected chi connectivity index (χ2v) is 24.7. The zero-order valence-electron chi connectivity index (χ0n) is 49.5. The molecule has 80 heavy (non-hydrogen) atoms. The SMILES string of the molecule is CCCCCCCCCCCCC/C=C/[C@@H](OC(=O)CCC(=O)O[C@]1(CC)C(=O)OCc2c1cc1n(c2=O)Cc2cc3ccccc3nc2-1)[C@H](COP(=O)(O)OCC[N+](C)(C)C)NC(=O)CCCCCCCCCCCCCCC. The van der Waals surface area contributed by atoms with Gasteiger partial charge in [0, 0.05) is 22.9 Å². The van der Waals surface area contributed by atoms with Gasteiger partial charge in [-0.25, -0.2) is 14.3 Å². The van der Waals surface area contributed by atoms with E-state index >= 15 is 0 Å². The molecule has 0 saturated heterocycles. The van der Waals surface area contributed by atoms with Crippen molar-refractivity contribution in [2.24, 2.45) is 0 Å². The summed E-state index contributed by atoms with van der Waals surface area (Å²) in [5, 5.41) is 3.87. The van der Waals surface area contributed by atoms with Crippen molar-refractivity contribution >= 4 is 42.5 Å². The quantitative estimate of drug-likeness (QED) is 0.0106. The minimum absolute atomic E-state index is 0.0592. The van der Waals surface area contributed by atoms with Crippen LogP contribution in [0.2, 0.25) is 0 Å². The number of aromatic nitrogens is 2. The minimum Gasteiger partial charge on any atom is -0.457 e. The van der Waals surface area contributed by atoms with Crippen LogP contribution in [0, 0.1) is 0 Å². The van der Waals surface area contributed by atoms with E-state index in [2.05, 4.69) is 19.2 Å². The Morgan fingerprint density at radius 2 is 1.35 bits per heavy atom. The largest absolute Gasteiger partial charge is 0.472 e. The number of phosphoric ester groups is 1. The van der Waals surface area contributed by atoms with Crippen LogP contribution in [0.15, 0.2) is 53.3 Å². The molecule has 0 aliphatic carbocycles. The molecule has 2 aromatic heterocycles. The van der Waals surface area contributed by atoms with Crippen molar-refractivity contribution in [1.82, 2.24) is 14.9 Å². The van der Waals surface area contributed by atoms with E-state index in [1.807, 2.05) is 57.6 Å². The first-order chi connectivity index (χ1) is 38.5. The van der Waals surface area contributed by atoms with Gasteiger partial charge in [-0.1, -0.05) is 186 Å². The first-order valence-electron chi connectivity index (χ1n) is 30.6. The Bertz CT molecular complexity index is 2560. The highest BCUT2D eigenvalue weighted by Gasteiger charge is 2.50. The fourth-order valence-electron chi connectivity index (χ4n) is 10.6. The predicted octanol–water partition coefficient (Wildman–Crippen LogP) is 13.4. The number of rotatable bonds is 42. The number of nitrogens with zero attached hydrogens (tertiary/aromatic N) is 3. The molecule has 446 valence electrons. The summed E-state index contributed by atoms with van der Waals surface area (Å²) in [5.41, 5.74) is 0.723. The molecule has 4 heterocycles. The number of hydrogen-bond acceptors (Lipinski definition) is 12. The number of pyridine rings is 2. The number of carbonyl (C=O) groups is 4. The zero-order chi connectivity index (χ0) is 57.8. The van der Waals surface area contributed by atoms with E-state index in [0.717, 1.165) is 55.0 Å². The fourth-order valence-corrected chi connectivity index (χ4v) is 11.3. The van der Waals surface area contributed by atoms with E-state index in [9.17, 15) is 33.4 Å². The number of para-hydroxylation sites is 1. The maximum absolute atomic E-state index is 14.1. The minimum atomic E-state index is -4.63. The monoisotopic (exact) mass is 1130 g/mol. The molecule has 2 aliphatic heterocycles. The fraction of sp³-hybridized carbons (Fsp3) is 0.683. The van der Waals surface area contributed by atoms with Gasteiger partial charge in [0.05, 0.1) is 75.6 Å². The number of ether oxygens (including phenoxy) is 3. The molecule has 4 atom stereocenters. The number of esters is 3. The van der Waals surface area contributed by atoms with Crippen molar-refractivity contribution in [1.29, 1.82) is 0 Å². The van der Waals surface area contributed by atoms with Crippen LogP contribution in [0.4, 0.5) is 0 Å². The summed E-state index contributed by atoms with van der Waals surface area (Å²) >= 11 is 0. The van der Waals surface area contributed by atoms with Gasteiger partial charge in [-0.15, -0.1) is 0 Å². The van der Waals surface area contributed by atoms with E-state index in [-0.39, 0.29) is 55.2 Å². The molecular formula is C63H98N4O12P+. The van der Waals surface area contributed by atoms with Crippen molar-refractivity contribution < 1.29 is 56.4 Å². The number of amides is 1. The molecule has 16 nitrogen and oxygen atoms in total. The molecule has 0 bridgehead atoms. The Morgan fingerprint density at radius 1 is 0.775 bits per heavy atom. The lowest BCUT2D eigenvalue weighted by molar-refractivity contribution is -0.870. The Balaban J connectivity index is 1.26. The maximum Gasteiger partial charge on any atom is 0.472 e. The van der Waals surface area contributed by atoms with Crippen molar-refractivity contribution in [2.75, 3.05) is 40.9 Å². The van der Waals surface area contributed by atoms with Gasteiger partial charge in [0.15, 0.2) is 0 Å². The van der Waals surface area contributed by atoms with E-state index < -0.39 is 62.9 Å². The molecule has 0 radical (unpaired) electrons. The number of carbonyl (C=O) groups excluding carboxylic acids is 4. The molecule has 2 aliphatic rings. The summed E-state index contributed by atoms with van der Waals surface area (Å²) in [7, 11) is 1.15. The van der Waals surface area contributed by atoms with Crippen LogP contribution in [-0.2, 0) is 65.8 Å². The summed E-state index contributed by atoms with van der Waals surface area (Å²) in [4.78, 5) is 85.1. The van der Waals surface area contributed by atoms with Crippen molar-refractivity contribution in [3.63, 3.8) is 0 Å². The molecule has 0 spiro atoms. The third-order valence-corrected chi connectivity index (χ3v) is 16.4. The lowest BCUT2D eigenvalue weighted by Gasteiger charge is -2.35. The van der Waals surface area contributed by atoms with Crippen LogP contribution >= 0.6 is 7.82 Å². The second kappa shape index (κ2) is 34.7. The third-order valence-electron chi connectivity index (χ3n) is 15.5. The molecule has 1 aromatic carbocycles.